The highest BCUT2D eigenvalue weighted by atomic mass is 19.1. The molecule has 6 nitrogen and oxygen atoms in total. The topological polar surface area (TPSA) is 105 Å². The van der Waals surface area contributed by atoms with Crippen molar-refractivity contribution in [3.05, 3.63) is 40.8 Å². The Morgan fingerprint density at radius 3 is 2.52 bits per heavy atom. The van der Waals surface area contributed by atoms with E-state index in [2.05, 4.69) is 10.3 Å². The highest BCUT2D eigenvalue weighted by Crippen LogP contribution is 2.21. The van der Waals surface area contributed by atoms with E-state index in [9.17, 15) is 14.0 Å². The van der Waals surface area contributed by atoms with Crippen LogP contribution in [0.3, 0.4) is 0 Å². The molecule has 0 heterocycles. The molecule has 0 radical (unpaired) electrons. The molecular weight excluding hydrogens is 301 g/mol. The van der Waals surface area contributed by atoms with E-state index in [1.54, 1.807) is 20.9 Å². The molecule has 1 aromatic rings. The third-order valence-electron chi connectivity index (χ3n) is 3.22. The first kappa shape index (κ1) is 18.3. The molecule has 1 aromatic carbocycles. The Balaban J connectivity index is 3.15. The van der Waals surface area contributed by atoms with E-state index in [1.165, 1.54) is 18.2 Å². The highest BCUT2D eigenvalue weighted by Gasteiger charge is 2.16. The maximum atomic E-state index is 13.9. The quantitative estimate of drug-likeness (QED) is 0.695. The van der Waals surface area contributed by atoms with Gasteiger partial charge in [-0.2, -0.15) is 0 Å². The number of nitrogens with one attached hydrogen (secondary N) is 1. The molecule has 0 atom stereocenters. The maximum Gasteiger partial charge on any atom is 0.305 e. The van der Waals surface area contributed by atoms with E-state index in [-0.39, 0.29) is 18.5 Å². The molecule has 0 fully saturated rings. The molecule has 7 heteroatoms. The number of allylic oxidation sites excluding steroid dienone is 2. The van der Waals surface area contributed by atoms with Gasteiger partial charge in [0.2, 0.25) is 0 Å². The Bertz CT molecular complexity index is 677. The minimum absolute atomic E-state index is 0.0775. The van der Waals surface area contributed by atoms with E-state index in [0.29, 0.717) is 22.5 Å². The Morgan fingerprint density at radius 2 is 2.00 bits per heavy atom. The number of halogens is 1. The van der Waals surface area contributed by atoms with Gasteiger partial charge in [0.05, 0.1) is 12.0 Å². The van der Waals surface area contributed by atoms with Crippen LogP contribution in [-0.4, -0.2) is 36.3 Å². The van der Waals surface area contributed by atoms with Crippen LogP contribution in [0.1, 0.15) is 36.2 Å². The number of carbonyl (C=O) groups is 2. The number of benzene rings is 1. The lowest BCUT2D eigenvalue weighted by atomic mass is 9.97. The molecule has 0 saturated carbocycles. The monoisotopic (exact) mass is 321 g/mol. The van der Waals surface area contributed by atoms with Gasteiger partial charge in [0.1, 0.15) is 5.82 Å². The van der Waals surface area contributed by atoms with Gasteiger partial charge < -0.3 is 16.2 Å². The van der Waals surface area contributed by atoms with Crippen molar-refractivity contribution in [3.63, 3.8) is 0 Å². The van der Waals surface area contributed by atoms with E-state index in [0.717, 1.165) is 0 Å². The van der Waals surface area contributed by atoms with Gasteiger partial charge in [-0.3, -0.25) is 14.6 Å². The highest BCUT2D eigenvalue weighted by molar-refractivity contribution is 6.23. The molecule has 0 unspecified atom stereocenters. The van der Waals surface area contributed by atoms with Gasteiger partial charge in [0.25, 0.3) is 5.91 Å². The SMILES string of the molecule is CN=C(C)/C(=C(/C)N)c1ccc(F)c(C(=O)NCCC(=O)O)c1. The number of rotatable bonds is 6. The van der Waals surface area contributed by atoms with Gasteiger partial charge >= 0.3 is 5.97 Å². The first-order valence-corrected chi connectivity index (χ1v) is 6.98. The third kappa shape index (κ3) is 4.91. The van der Waals surface area contributed by atoms with E-state index in [1.807, 2.05) is 0 Å². The van der Waals surface area contributed by atoms with Gasteiger partial charge in [-0.05, 0) is 31.5 Å². The molecule has 1 amide bonds. The predicted octanol–water partition coefficient (Wildman–Crippen LogP) is 1.81. The van der Waals surface area contributed by atoms with Crippen molar-refractivity contribution in [3.8, 4) is 0 Å². The van der Waals surface area contributed by atoms with Crippen LogP contribution in [0.15, 0.2) is 28.9 Å². The molecule has 1 rings (SSSR count). The molecular formula is C16H20FN3O3. The summed E-state index contributed by atoms with van der Waals surface area (Å²) < 4.78 is 13.9. The second-order valence-electron chi connectivity index (χ2n) is 4.96. The zero-order chi connectivity index (χ0) is 17.6. The lowest BCUT2D eigenvalue weighted by molar-refractivity contribution is -0.136. The van der Waals surface area contributed by atoms with Crippen LogP contribution in [0.25, 0.3) is 5.57 Å². The molecule has 124 valence electrons. The van der Waals surface area contributed by atoms with Gasteiger partial charge in [0, 0.05) is 30.6 Å². The number of hydrogen-bond acceptors (Lipinski definition) is 4. The van der Waals surface area contributed by atoms with E-state index >= 15 is 0 Å². The minimum Gasteiger partial charge on any atom is -0.481 e. The second-order valence-corrected chi connectivity index (χ2v) is 4.96. The summed E-state index contributed by atoms with van der Waals surface area (Å²) in [5.74, 6) is -2.41. The molecule has 0 spiro atoms. The lowest BCUT2D eigenvalue weighted by Crippen LogP contribution is -2.27. The van der Waals surface area contributed by atoms with Crippen molar-refractivity contribution in [1.82, 2.24) is 5.32 Å². The second kappa shape index (κ2) is 8.07. The van der Waals surface area contributed by atoms with E-state index in [4.69, 9.17) is 10.8 Å². The number of carboxylic acids is 1. The van der Waals surface area contributed by atoms with Crippen LogP contribution in [0.4, 0.5) is 4.39 Å². The molecule has 0 bridgehead atoms. The van der Waals surface area contributed by atoms with Crippen molar-refractivity contribution in [2.75, 3.05) is 13.6 Å². The van der Waals surface area contributed by atoms with Crippen molar-refractivity contribution in [1.29, 1.82) is 0 Å². The minimum atomic E-state index is -1.04. The Hall–Kier alpha value is -2.70. The first-order chi connectivity index (χ1) is 10.8. The molecule has 4 N–H and O–H groups in total. The van der Waals surface area contributed by atoms with E-state index < -0.39 is 17.7 Å². The van der Waals surface area contributed by atoms with Gasteiger partial charge in [-0.15, -0.1) is 0 Å². The van der Waals surface area contributed by atoms with Crippen molar-refractivity contribution in [2.45, 2.75) is 20.3 Å². The summed E-state index contributed by atoms with van der Waals surface area (Å²) in [7, 11) is 1.61. The van der Waals surface area contributed by atoms with Crippen LogP contribution in [0.5, 0.6) is 0 Å². The van der Waals surface area contributed by atoms with Crippen LogP contribution in [0.2, 0.25) is 0 Å². The summed E-state index contributed by atoms with van der Waals surface area (Å²) in [6.45, 7) is 3.38. The number of nitrogens with two attached hydrogens (primary N) is 1. The number of carbonyl (C=O) groups excluding carboxylic acids is 1. The number of hydrogen-bond donors (Lipinski definition) is 3. The van der Waals surface area contributed by atoms with Crippen LogP contribution >= 0.6 is 0 Å². The summed E-state index contributed by atoms with van der Waals surface area (Å²) in [5, 5.41) is 10.9. The largest absolute Gasteiger partial charge is 0.481 e. The fourth-order valence-corrected chi connectivity index (χ4v) is 2.07. The number of aliphatic imine (C=N–C) groups is 1. The van der Waals surface area contributed by atoms with Crippen LogP contribution in [0, 0.1) is 5.82 Å². The van der Waals surface area contributed by atoms with Crippen LogP contribution < -0.4 is 11.1 Å². The Kier molecular flexibility index (Phi) is 6.44. The number of nitrogens with zero attached hydrogens (tertiary/aromatic N) is 1. The zero-order valence-corrected chi connectivity index (χ0v) is 13.3. The lowest BCUT2D eigenvalue weighted by Gasteiger charge is -2.12. The molecule has 0 aliphatic rings. The van der Waals surface area contributed by atoms with Gasteiger partial charge in [-0.25, -0.2) is 4.39 Å². The van der Waals surface area contributed by atoms with Gasteiger partial charge in [-0.1, -0.05) is 6.07 Å². The summed E-state index contributed by atoms with van der Waals surface area (Å²) in [5.41, 5.74) is 8.05. The average molecular weight is 321 g/mol. The summed E-state index contributed by atoms with van der Waals surface area (Å²) in [4.78, 5) is 26.5. The third-order valence-corrected chi connectivity index (χ3v) is 3.22. The van der Waals surface area contributed by atoms with Gasteiger partial charge in [0.15, 0.2) is 0 Å². The molecule has 0 aliphatic carbocycles. The summed E-state index contributed by atoms with van der Waals surface area (Å²) in [6.07, 6.45) is -0.234. The Labute approximate surface area is 133 Å². The van der Waals surface area contributed by atoms with Crippen LogP contribution in [-0.2, 0) is 4.79 Å². The van der Waals surface area contributed by atoms with Crippen molar-refractivity contribution < 1.29 is 19.1 Å². The molecule has 0 aliphatic heterocycles. The first-order valence-electron chi connectivity index (χ1n) is 6.98. The van der Waals surface area contributed by atoms with Crippen molar-refractivity contribution in [2.24, 2.45) is 10.7 Å². The standard InChI is InChI=1S/C16H20FN3O3/c1-9(18)15(10(2)19-3)11-4-5-13(17)12(8-11)16(23)20-7-6-14(21)22/h4-5,8H,6-7,18H2,1-3H3,(H,20,23)(H,21,22)/b15-9+,19-10?. The summed E-state index contributed by atoms with van der Waals surface area (Å²) >= 11 is 0. The molecule has 0 saturated heterocycles. The van der Waals surface area contributed by atoms with Crippen molar-refractivity contribution >= 4 is 23.2 Å². The smallest absolute Gasteiger partial charge is 0.305 e. The summed E-state index contributed by atoms with van der Waals surface area (Å²) in [6, 6.07) is 4.07. The molecule has 23 heavy (non-hydrogen) atoms. The Morgan fingerprint density at radius 1 is 1.35 bits per heavy atom. The fourth-order valence-electron chi connectivity index (χ4n) is 2.07. The molecule has 0 aromatic heterocycles. The number of carboxylic acid groups (broad SMARTS) is 1. The predicted molar refractivity (Wildman–Crippen MR) is 86.8 cm³/mol. The number of aliphatic carboxylic acids is 1. The number of amides is 1. The zero-order valence-electron chi connectivity index (χ0n) is 13.3. The fraction of sp³-hybridized carbons (Fsp3) is 0.312. The average Bonchev–Trinajstić information content (AvgIpc) is 2.47. The maximum absolute atomic E-state index is 13.9. The normalized spacial score (nSPS) is 12.6.